The molecule has 2 rings (SSSR count). The van der Waals surface area contributed by atoms with Crippen LogP contribution in [0.2, 0.25) is 5.02 Å². The topological polar surface area (TPSA) is 26.0 Å². The van der Waals surface area contributed by atoms with Crippen molar-refractivity contribution < 1.29 is 0 Å². The summed E-state index contributed by atoms with van der Waals surface area (Å²) in [6.45, 7) is 5.15. The van der Waals surface area contributed by atoms with E-state index in [9.17, 15) is 0 Å². The zero-order valence-corrected chi connectivity index (χ0v) is 11.3. The van der Waals surface area contributed by atoms with Crippen LogP contribution in [0.5, 0.6) is 0 Å². The molecule has 1 atom stereocenters. The lowest BCUT2D eigenvalue weighted by Gasteiger charge is -2.21. The molecule has 1 aliphatic rings. The van der Waals surface area contributed by atoms with Gasteiger partial charge in [-0.1, -0.05) is 47.4 Å². The SMILES string of the molecule is CC1(C)CC1(CN)c1c(Cl)cccc1Br. The van der Waals surface area contributed by atoms with Gasteiger partial charge in [0, 0.05) is 21.5 Å². The monoisotopic (exact) mass is 287 g/mol. The quantitative estimate of drug-likeness (QED) is 0.882. The molecule has 0 heterocycles. The number of rotatable bonds is 2. The van der Waals surface area contributed by atoms with E-state index in [0.717, 1.165) is 15.9 Å². The molecule has 1 aromatic carbocycles. The van der Waals surface area contributed by atoms with Gasteiger partial charge in [-0.2, -0.15) is 0 Å². The highest BCUT2D eigenvalue weighted by Gasteiger charge is 2.62. The molecule has 2 N–H and O–H groups in total. The second-order valence-corrected chi connectivity index (χ2v) is 6.21. The van der Waals surface area contributed by atoms with E-state index in [1.54, 1.807) is 0 Å². The number of halogens is 2. The van der Waals surface area contributed by atoms with Crippen LogP contribution in [0.4, 0.5) is 0 Å². The third-order valence-corrected chi connectivity index (χ3v) is 4.68. The van der Waals surface area contributed by atoms with Gasteiger partial charge in [0.2, 0.25) is 0 Å². The fourth-order valence-corrected chi connectivity index (χ4v) is 3.76. The Morgan fingerprint density at radius 1 is 1.47 bits per heavy atom. The minimum atomic E-state index is 0.0597. The molecule has 0 bridgehead atoms. The van der Waals surface area contributed by atoms with Crippen molar-refractivity contribution in [3.8, 4) is 0 Å². The van der Waals surface area contributed by atoms with Crippen LogP contribution >= 0.6 is 27.5 Å². The van der Waals surface area contributed by atoms with Gasteiger partial charge in [0.1, 0.15) is 0 Å². The summed E-state index contributed by atoms with van der Waals surface area (Å²) in [5, 5.41) is 0.820. The molecule has 0 spiro atoms. The highest BCUT2D eigenvalue weighted by molar-refractivity contribution is 9.10. The molecular weight excluding hydrogens is 273 g/mol. The van der Waals surface area contributed by atoms with E-state index in [2.05, 4.69) is 29.8 Å². The summed E-state index contributed by atoms with van der Waals surface area (Å²) in [7, 11) is 0. The molecule has 1 saturated carbocycles. The Morgan fingerprint density at radius 2 is 2.07 bits per heavy atom. The first kappa shape index (κ1) is 11.4. The van der Waals surface area contributed by atoms with Crippen molar-refractivity contribution in [1.82, 2.24) is 0 Å². The van der Waals surface area contributed by atoms with E-state index in [1.165, 1.54) is 5.56 Å². The maximum absolute atomic E-state index is 6.27. The Hall–Kier alpha value is -0.0500. The van der Waals surface area contributed by atoms with Crippen molar-refractivity contribution in [2.75, 3.05) is 6.54 Å². The van der Waals surface area contributed by atoms with Gasteiger partial charge in [-0.15, -0.1) is 0 Å². The minimum absolute atomic E-state index is 0.0597. The molecule has 1 aromatic rings. The summed E-state index contributed by atoms with van der Waals surface area (Å²) in [6, 6.07) is 5.93. The average Bonchev–Trinajstić information content (AvgIpc) is 2.69. The molecule has 1 aliphatic carbocycles. The van der Waals surface area contributed by atoms with Crippen molar-refractivity contribution in [1.29, 1.82) is 0 Å². The van der Waals surface area contributed by atoms with Crippen LogP contribution in [0, 0.1) is 5.41 Å². The number of hydrogen-bond acceptors (Lipinski definition) is 1. The largest absolute Gasteiger partial charge is 0.330 e. The molecule has 82 valence electrons. The van der Waals surface area contributed by atoms with E-state index >= 15 is 0 Å². The van der Waals surface area contributed by atoms with Gasteiger partial charge in [0.25, 0.3) is 0 Å². The molecule has 0 aromatic heterocycles. The van der Waals surface area contributed by atoms with Crippen molar-refractivity contribution in [2.24, 2.45) is 11.1 Å². The summed E-state index contributed by atoms with van der Waals surface area (Å²) < 4.78 is 1.08. The van der Waals surface area contributed by atoms with Gasteiger partial charge in [-0.05, 0) is 29.5 Å². The zero-order chi connectivity index (χ0) is 11.3. The molecule has 0 saturated heterocycles. The summed E-state index contributed by atoms with van der Waals surface area (Å²) in [5.41, 5.74) is 7.43. The minimum Gasteiger partial charge on any atom is -0.330 e. The second kappa shape index (κ2) is 3.47. The van der Waals surface area contributed by atoms with Gasteiger partial charge >= 0.3 is 0 Å². The standard InChI is InChI=1S/C12H15BrClN/c1-11(2)6-12(11,7-15)10-8(13)4-3-5-9(10)14/h3-5H,6-7,15H2,1-2H3. The Balaban J connectivity index is 2.55. The van der Waals surface area contributed by atoms with Gasteiger partial charge in [0.15, 0.2) is 0 Å². The van der Waals surface area contributed by atoms with E-state index in [1.807, 2.05) is 18.2 Å². The van der Waals surface area contributed by atoms with Gasteiger partial charge < -0.3 is 5.73 Å². The highest BCUT2D eigenvalue weighted by Crippen LogP contribution is 2.65. The first-order valence-corrected chi connectivity index (χ1v) is 6.26. The maximum Gasteiger partial charge on any atom is 0.0455 e. The van der Waals surface area contributed by atoms with E-state index < -0.39 is 0 Å². The van der Waals surface area contributed by atoms with Crippen LogP contribution in [0.3, 0.4) is 0 Å². The average molecular weight is 289 g/mol. The van der Waals surface area contributed by atoms with Crippen molar-refractivity contribution in [3.05, 3.63) is 33.3 Å². The highest BCUT2D eigenvalue weighted by atomic mass is 79.9. The second-order valence-electron chi connectivity index (χ2n) is 4.94. The third-order valence-electron chi connectivity index (χ3n) is 3.70. The lowest BCUT2D eigenvalue weighted by Crippen LogP contribution is -2.26. The Labute approximate surface area is 104 Å². The lowest BCUT2D eigenvalue weighted by molar-refractivity contribution is 0.501. The molecule has 1 nitrogen and oxygen atoms in total. The Bertz CT molecular complexity index is 382. The smallest absolute Gasteiger partial charge is 0.0455 e. The summed E-state index contributed by atoms with van der Waals surface area (Å²) in [5.74, 6) is 0. The van der Waals surface area contributed by atoms with E-state index in [4.69, 9.17) is 17.3 Å². The molecule has 15 heavy (non-hydrogen) atoms. The van der Waals surface area contributed by atoms with Crippen LogP contribution < -0.4 is 5.73 Å². The molecule has 0 radical (unpaired) electrons. The molecule has 1 fully saturated rings. The van der Waals surface area contributed by atoms with Crippen molar-refractivity contribution in [2.45, 2.75) is 25.7 Å². The van der Waals surface area contributed by atoms with E-state index in [0.29, 0.717) is 6.54 Å². The van der Waals surface area contributed by atoms with Crippen LogP contribution in [0.1, 0.15) is 25.8 Å². The molecule has 3 heteroatoms. The fraction of sp³-hybridized carbons (Fsp3) is 0.500. The van der Waals surface area contributed by atoms with Crippen LogP contribution in [-0.2, 0) is 5.41 Å². The molecule has 1 unspecified atom stereocenters. The summed E-state index contributed by atoms with van der Waals surface area (Å²) in [4.78, 5) is 0. The van der Waals surface area contributed by atoms with Gasteiger partial charge in [0.05, 0.1) is 0 Å². The lowest BCUT2D eigenvalue weighted by atomic mass is 9.88. The predicted molar refractivity (Wildman–Crippen MR) is 68.3 cm³/mol. The van der Waals surface area contributed by atoms with Gasteiger partial charge in [-0.25, -0.2) is 0 Å². The Kier molecular flexibility index (Phi) is 2.65. The first-order valence-electron chi connectivity index (χ1n) is 5.09. The predicted octanol–water partition coefficient (Wildman–Crippen LogP) is 3.73. The number of hydrogen-bond donors (Lipinski definition) is 1. The van der Waals surface area contributed by atoms with Crippen molar-refractivity contribution in [3.63, 3.8) is 0 Å². The molecule has 0 amide bonds. The van der Waals surface area contributed by atoms with Crippen LogP contribution in [0.25, 0.3) is 0 Å². The third kappa shape index (κ3) is 1.54. The fourth-order valence-electron chi connectivity index (χ4n) is 2.54. The molecular formula is C12H15BrClN. The zero-order valence-electron chi connectivity index (χ0n) is 8.98. The van der Waals surface area contributed by atoms with Crippen LogP contribution in [-0.4, -0.2) is 6.54 Å². The Morgan fingerprint density at radius 3 is 2.47 bits per heavy atom. The summed E-state index contributed by atoms with van der Waals surface area (Å²) in [6.07, 6.45) is 1.11. The van der Waals surface area contributed by atoms with Crippen LogP contribution in [0.15, 0.2) is 22.7 Å². The summed E-state index contributed by atoms with van der Waals surface area (Å²) >= 11 is 9.85. The van der Waals surface area contributed by atoms with Crippen molar-refractivity contribution >= 4 is 27.5 Å². The maximum atomic E-state index is 6.27. The van der Waals surface area contributed by atoms with E-state index in [-0.39, 0.29) is 10.8 Å². The number of nitrogens with two attached hydrogens (primary N) is 1. The normalized spacial score (nSPS) is 27.8. The first-order chi connectivity index (χ1) is 6.94. The number of benzene rings is 1. The van der Waals surface area contributed by atoms with Gasteiger partial charge in [-0.3, -0.25) is 0 Å². The molecule has 0 aliphatic heterocycles.